The van der Waals surface area contributed by atoms with Crippen molar-refractivity contribution in [3.05, 3.63) is 42.5 Å². The van der Waals surface area contributed by atoms with Crippen molar-refractivity contribution in [1.29, 1.82) is 0 Å². The van der Waals surface area contributed by atoms with E-state index in [-0.39, 0.29) is 24.2 Å². The highest BCUT2D eigenvalue weighted by Crippen LogP contribution is 2.24. The van der Waals surface area contributed by atoms with Gasteiger partial charge in [-0.25, -0.2) is 0 Å². The van der Waals surface area contributed by atoms with E-state index in [0.717, 1.165) is 12.0 Å². The second-order valence-electron chi connectivity index (χ2n) is 3.59. The molecule has 1 rings (SSSR count). The van der Waals surface area contributed by atoms with Crippen LogP contribution in [0.1, 0.15) is 24.4 Å². The van der Waals surface area contributed by atoms with Gasteiger partial charge < -0.3 is 10.5 Å². The third kappa shape index (κ3) is 5.93. The van der Waals surface area contributed by atoms with Gasteiger partial charge >= 0.3 is 6.36 Å². The van der Waals surface area contributed by atoms with E-state index in [1.54, 1.807) is 6.08 Å². The number of halogens is 4. The lowest BCUT2D eigenvalue weighted by Crippen LogP contribution is -2.17. The molecular formula is C12H15ClF3NO. The molecule has 18 heavy (non-hydrogen) atoms. The molecule has 0 saturated heterocycles. The standard InChI is InChI=1S/C12H14F3NO.ClH/c1-2-3-4-11(16)9-5-7-10(8-6-9)17-12(13,14)15;/h2,5-8,11H,1,3-4,16H2;1H/t11-;/m0./s1. The fourth-order valence-electron chi connectivity index (χ4n) is 1.38. The summed E-state index contributed by atoms with van der Waals surface area (Å²) < 4.78 is 39.5. The van der Waals surface area contributed by atoms with Crippen molar-refractivity contribution < 1.29 is 17.9 Å². The molecule has 102 valence electrons. The molecule has 0 aliphatic rings. The van der Waals surface area contributed by atoms with Crippen LogP contribution in [0.3, 0.4) is 0 Å². The van der Waals surface area contributed by atoms with Gasteiger partial charge in [-0.2, -0.15) is 0 Å². The summed E-state index contributed by atoms with van der Waals surface area (Å²) in [4.78, 5) is 0. The third-order valence-corrected chi connectivity index (χ3v) is 2.22. The van der Waals surface area contributed by atoms with E-state index in [1.807, 2.05) is 0 Å². The molecule has 0 heterocycles. The minimum absolute atomic E-state index is 0. The number of rotatable bonds is 5. The minimum Gasteiger partial charge on any atom is -0.406 e. The lowest BCUT2D eigenvalue weighted by molar-refractivity contribution is -0.274. The Morgan fingerprint density at radius 3 is 2.28 bits per heavy atom. The molecule has 1 aromatic rings. The maximum atomic E-state index is 11.9. The summed E-state index contributed by atoms with van der Waals surface area (Å²) in [7, 11) is 0. The first-order valence-corrected chi connectivity index (χ1v) is 5.14. The molecule has 0 radical (unpaired) electrons. The molecule has 0 fully saturated rings. The van der Waals surface area contributed by atoms with Crippen LogP contribution in [0.4, 0.5) is 13.2 Å². The van der Waals surface area contributed by atoms with Crippen molar-refractivity contribution in [2.75, 3.05) is 0 Å². The molecule has 0 aliphatic heterocycles. The molecule has 1 aromatic carbocycles. The molecule has 0 aliphatic carbocycles. The number of hydrogen-bond donors (Lipinski definition) is 1. The third-order valence-electron chi connectivity index (χ3n) is 2.22. The van der Waals surface area contributed by atoms with E-state index < -0.39 is 6.36 Å². The highest BCUT2D eigenvalue weighted by Gasteiger charge is 2.30. The number of benzene rings is 1. The summed E-state index contributed by atoms with van der Waals surface area (Å²) >= 11 is 0. The van der Waals surface area contributed by atoms with Gasteiger partial charge in [-0.15, -0.1) is 32.2 Å². The van der Waals surface area contributed by atoms with Gasteiger partial charge in [-0.05, 0) is 30.5 Å². The smallest absolute Gasteiger partial charge is 0.406 e. The molecule has 0 saturated carbocycles. The maximum absolute atomic E-state index is 11.9. The summed E-state index contributed by atoms with van der Waals surface area (Å²) in [5.41, 5.74) is 6.63. The number of allylic oxidation sites excluding steroid dienone is 1. The Morgan fingerprint density at radius 1 is 1.28 bits per heavy atom. The lowest BCUT2D eigenvalue weighted by atomic mass is 10.0. The van der Waals surface area contributed by atoms with Crippen LogP contribution in [-0.4, -0.2) is 6.36 Å². The van der Waals surface area contributed by atoms with Gasteiger partial charge in [0.05, 0.1) is 0 Å². The first-order chi connectivity index (χ1) is 7.92. The van der Waals surface area contributed by atoms with Gasteiger partial charge in [0.1, 0.15) is 5.75 Å². The van der Waals surface area contributed by atoms with Gasteiger partial charge in [0.2, 0.25) is 0 Å². The molecule has 0 spiro atoms. The topological polar surface area (TPSA) is 35.2 Å². The van der Waals surface area contributed by atoms with Crippen LogP contribution < -0.4 is 10.5 Å². The van der Waals surface area contributed by atoms with Crippen LogP contribution in [0.25, 0.3) is 0 Å². The second-order valence-corrected chi connectivity index (χ2v) is 3.59. The van der Waals surface area contributed by atoms with E-state index in [4.69, 9.17) is 5.73 Å². The monoisotopic (exact) mass is 281 g/mol. The van der Waals surface area contributed by atoms with Gasteiger partial charge in [0, 0.05) is 6.04 Å². The number of ether oxygens (including phenoxy) is 1. The fourth-order valence-corrected chi connectivity index (χ4v) is 1.38. The highest BCUT2D eigenvalue weighted by atomic mass is 35.5. The first kappa shape index (κ1) is 16.8. The largest absolute Gasteiger partial charge is 0.573 e. The molecule has 0 bridgehead atoms. The zero-order valence-electron chi connectivity index (χ0n) is 9.61. The van der Waals surface area contributed by atoms with Crippen molar-refractivity contribution in [2.45, 2.75) is 25.2 Å². The number of alkyl halides is 3. The zero-order chi connectivity index (χ0) is 12.9. The van der Waals surface area contributed by atoms with Crippen LogP contribution in [0, 0.1) is 0 Å². The highest BCUT2D eigenvalue weighted by molar-refractivity contribution is 5.85. The Labute approximate surface area is 110 Å². The van der Waals surface area contributed by atoms with Crippen molar-refractivity contribution in [2.24, 2.45) is 5.73 Å². The van der Waals surface area contributed by atoms with E-state index in [2.05, 4.69) is 11.3 Å². The van der Waals surface area contributed by atoms with Crippen LogP contribution in [-0.2, 0) is 0 Å². The minimum atomic E-state index is -4.66. The molecule has 1 atom stereocenters. The molecule has 0 aromatic heterocycles. The Kier molecular flexibility index (Phi) is 6.80. The molecule has 2 nitrogen and oxygen atoms in total. The van der Waals surface area contributed by atoms with Crippen molar-refractivity contribution in [3.63, 3.8) is 0 Å². The van der Waals surface area contributed by atoms with Crippen molar-refractivity contribution in [3.8, 4) is 5.75 Å². The van der Waals surface area contributed by atoms with Crippen molar-refractivity contribution >= 4 is 12.4 Å². The van der Waals surface area contributed by atoms with Gasteiger partial charge in [0.15, 0.2) is 0 Å². The average molecular weight is 282 g/mol. The maximum Gasteiger partial charge on any atom is 0.573 e. The van der Waals surface area contributed by atoms with Crippen LogP contribution in [0.5, 0.6) is 5.75 Å². The molecule has 0 unspecified atom stereocenters. The Balaban J connectivity index is 0.00000289. The summed E-state index contributed by atoms with van der Waals surface area (Å²) in [6, 6.07) is 5.39. The summed E-state index contributed by atoms with van der Waals surface area (Å²) in [5, 5.41) is 0. The van der Waals surface area contributed by atoms with E-state index >= 15 is 0 Å². The van der Waals surface area contributed by atoms with Crippen LogP contribution in [0.2, 0.25) is 0 Å². The van der Waals surface area contributed by atoms with Crippen LogP contribution in [0.15, 0.2) is 36.9 Å². The zero-order valence-corrected chi connectivity index (χ0v) is 10.4. The lowest BCUT2D eigenvalue weighted by Gasteiger charge is -2.12. The normalized spacial score (nSPS) is 12.4. The predicted octanol–water partition coefficient (Wildman–Crippen LogP) is 3.97. The first-order valence-electron chi connectivity index (χ1n) is 5.14. The van der Waals surface area contributed by atoms with Gasteiger partial charge in [-0.3, -0.25) is 0 Å². The van der Waals surface area contributed by atoms with Gasteiger partial charge in [-0.1, -0.05) is 18.2 Å². The van der Waals surface area contributed by atoms with Crippen LogP contribution >= 0.6 is 12.4 Å². The molecule has 2 N–H and O–H groups in total. The van der Waals surface area contributed by atoms with Crippen molar-refractivity contribution in [1.82, 2.24) is 0 Å². The van der Waals surface area contributed by atoms with E-state index in [1.165, 1.54) is 24.3 Å². The summed E-state index contributed by atoms with van der Waals surface area (Å²) in [5.74, 6) is -0.239. The molecule has 0 amide bonds. The fraction of sp³-hybridized carbons (Fsp3) is 0.333. The van der Waals surface area contributed by atoms with E-state index in [0.29, 0.717) is 6.42 Å². The Bertz CT molecular complexity index is 365. The quantitative estimate of drug-likeness (QED) is 0.829. The summed E-state index contributed by atoms with van der Waals surface area (Å²) in [6.45, 7) is 3.58. The average Bonchev–Trinajstić information content (AvgIpc) is 2.24. The van der Waals surface area contributed by atoms with E-state index in [9.17, 15) is 13.2 Å². The Morgan fingerprint density at radius 2 is 1.83 bits per heavy atom. The van der Waals surface area contributed by atoms with Gasteiger partial charge in [0.25, 0.3) is 0 Å². The molecule has 6 heteroatoms. The number of hydrogen-bond acceptors (Lipinski definition) is 2. The molecular weight excluding hydrogens is 267 g/mol. The predicted molar refractivity (Wildman–Crippen MR) is 66.7 cm³/mol. The number of nitrogens with two attached hydrogens (primary N) is 1. The Hall–Kier alpha value is -1.20. The SMILES string of the molecule is C=CCC[C@H](N)c1ccc(OC(F)(F)F)cc1.Cl. The second kappa shape index (κ2) is 7.28. The summed E-state index contributed by atoms with van der Waals surface area (Å²) in [6.07, 6.45) is -1.43.